The Hall–Kier alpha value is -1.88. The fourth-order valence-electron chi connectivity index (χ4n) is 2.63. The molecule has 0 unspecified atom stereocenters. The van der Waals surface area contributed by atoms with Gasteiger partial charge in [0.15, 0.2) is 6.04 Å². The summed E-state index contributed by atoms with van der Waals surface area (Å²) in [5.74, 6) is -0.342. The molecule has 0 aromatic heterocycles. The molecule has 0 saturated heterocycles. The number of urea groups is 1. The number of hydrogen-bond acceptors (Lipinski definition) is 2. The van der Waals surface area contributed by atoms with Crippen LogP contribution >= 0.6 is 0 Å². The Balaban J connectivity index is 2.12. The first-order chi connectivity index (χ1) is 9.16. The van der Waals surface area contributed by atoms with E-state index in [9.17, 15) is 9.59 Å². The van der Waals surface area contributed by atoms with Crippen molar-refractivity contribution in [1.82, 2.24) is 5.32 Å². The molecule has 1 aromatic carbocycles. The van der Waals surface area contributed by atoms with Crippen molar-refractivity contribution in [3.8, 4) is 0 Å². The molecule has 3 amide bonds. The highest BCUT2D eigenvalue weighted by molar-refractivity contribution is 5.96. The van der Waals surface area contributed by atoms with Gasteiger partial charge in [-0.15, -0.1) is 0 Å². The van der Waals surface area contributed by atoms with Gasteiger partial charge in [0.25, 0.3) is 5.91 Å². The van der Waals surface area contributed by atoms with E-state index in [1.165, 1.54) is 12.8 Å². The molecule has 0 bridgehead atoms. The summed E-state index contributed by atoms with van der Waals surface area (Å²) in [7, 11) is 0. The van der Waals surface area contributed by atoms with Gasteiger partial charge in [0.1, 0.15) is 0 Å². The Bertz CT molecular complexity index is 441. The minimum absolute atomic E-state index is 0.342. The monoisotopic (exact) mass is 262 g/mol. The first-order valence-electron chi connectivity index (χ1n) is 6.67. The number of carbonyl (C=O) groups is 2. The lowest BCUT2D eigenvalue weighted by molar-refractivity contribution is -0.714. The van der Waals surface area contributed by atoms with E-state index in [-0.39, 0.29) is 5.91 Å². The van der Waals surface area contributed by atoms with Crippen LogP contribution in [0.2, 0.25) is 0 Å². The first kappa shape index (κ1) is 13.5. The van der Waals surface area contributed by atoms with Crippen LogP contribution in [0.4, 0.5) is 4.79 Å². The Labute approximate surface area is 112 Å². The largest absolute Gasteiger partial charge is 0.351 e. The molecule has 5 N–H and O–H groups in total. The second-order valence-corrected chi connectivity index (χ2v) is 4.98. The summed E-state index contributed by atoms with van der Waals surface area (Å²) in [4.78, 5) is 23.0. The van der Waals surface area contributed by atoms with Crippen LogP contribution in [0, 0.1) is 0 Å². The van der Waals surface area contributed by atoms with Gasteiger partial charge in [0.05, 0.1) is 6.04 Å². The number of amides is 3. The van der Waals surface area contributed by atoms with E-state index in [0.29, 0.717) is 6.04 Å². The predicted molar refractivity (Wildman–Crippen MR) is 71.1 cm³/mol. The Morgan fingerprint density at radius 3 is 2.42 bits per heavy atom. The van der Waals surface area contributed by atoms with Crippen molar-refractivity contribution in [3.05, 3.63) is 35.9 Å². The van der Waals surface area contributed by atoms with Crippen molar-refractivity contribution in [2.45, 2.75) is 37.8 Å². The van der Waals surface area contributed by atoms with Crippen LogP contribution in [0.3, 0.4) is 0 Å². The zero-order valence-electron chi connectivity index (χ0n) is 10.8. The number of rotatable bonds is 4. The number of carbonyl (C=O) groups excluding carboxylic acids is 2. The normalized spacial score (nSPS) is 17.1. The van der Waals surface area contributed by atoms with Gasteiger partial charge in [0.2, 0.25) is 0 Å². The van der Waals surface area contributed by atoms with E-state index in [0.717, 1.165) is 18.4 Å². The summed E-state index contributed by atoms with van der Waals surface area (Å²) >= 11 is 0. The minimum Gasteiger partial charge on any atom is -0.351 e. The molecule has 0 aliphatic heterocycles. The van der Waals surface area contributed by atoms with Gasteiger partial charge < -0.3 is 11.1 Å². The lowest BCUT2D eigenvalue weighted by Gasteiger charge is -2.18. The van der Waals surface area contributed by atoms with E-state index in [2.05, 4.69) is 10.6 Å². The summed E-state index contributed by atoms with van der Waals surface area (Å²) in [6.07, 6.45) is 4.65. The third-order valence-corrected chi connectivity index (χ3v) is 3.55. The van der Waals surface area contributed by atoms with E-state index in [1.807, 2.05) is 30.3 Å². The molecule has 102 valence electrons. The van der Waals surface area contributed by atoms with Crippen molar-refractivity contribution in [2.75, 3.05) is 0 Å². The number of quaternary nitrogens is 1. The molecule has 1 aliphatic carbocycles. The van der Waals surface area contributed by atoms with E-state index < -0.39 is 12.1 Å². The molecule has 19 heavy (non-hydrogen) atoms. The highest BCUT2D eigenvalue weighted by Crippen LogP contribution is 2.17. The highest BCUT2D eigenvalue weighted by Gasteiger charge is 2.30. The van der Waals surface area contributed by atoms with Crippen LogP contribution in [-0.2, 0) is 4.79 Å². The van der Waals surface area contributed by atoms with Gasteiger partial charge in [0, 0.05) is 5.56 Å². The molecule has 5 nitrogen and oxygen atoms in total. The molecule has 0 heterocycles. The Kier molecular flexibility index (Phi) is 4.52. The Morgan fingerprint density at radius 2 is 1.84 bits per heavy atom. The fourth-order valence-corrected chi connectivity index (χ4v) is 2.63. The predicted octanol–water partition coefficient (Wildman–Crippen LogP) is 0.429. The maximum Gasteiger partial charge on any atom is 0.319 e. The average Bonchev–Trinajstić information content (AvgIpc) is 2.89. The van der Waals surface area contributed by atoms with Gasteiger partial charge in [-0.05, 0) is 25.7 Å². The van der Waals surface area contributed by atoms with Crippen LogP contribution in [-0.4, -0.2) is 18.0 Å². The molecule has 1 aliphatic rings. The van der Waals surface area contributed by atoms with Crippen molar-refractivity contribution >= 4 is 11.9 Å². The van der Waals surface area contributed by atoms with Gasteiger partial charge >= 0.3 is 6.03 Å². The molecule has 1 fully saturated rings. The zero-order valence-corrected chi connectivity index (χ0v) is 10.8. The smallest absolute Gasteiger partial charge is 0.319 e. The number of nitrogens with two attached hydrogens (primary N) is 2. The molecule has 0 spiro atoms. The highest BCUT2D eigenvalue weighted by atomic mass is 16.2. The molecule has 1 saturated carbocycles. The number of primary amides is 1. The van der Waals surface area contributed by atoms with Crippen molar-refractivity contribution in [1.29, 1.82) is 0 Å². The SMILES string of the molecule is NC(=O)NC(=O)[C@@H]([NH2+]C1CCCC1)c1ccccc1. The van der Waals surface area contributed by atoms with Gasteiger partial charge in [-0.2, -0.15) is 0 Å². The molecule has 2 rings (SSSR count). The molecule has 1 atom stereocenters. The van der Waals surface area contributed by atoms with Crippen LogP contribution in [0.15, 0.2) is 30.3 Å². The van der Waals surface area contributed by atoms with E-state index in [4.69, 9.17) is 5.73 Å². The zero-order chi connectivity index (χ0) is 13.7. The summed E-state index contributed by atoms with van der Waals surface area (Å²) in [5.41, 5.74) is 5.93. The number of benzene rings is 1. The topological polar surface area (TPSA) is 88.8 Å². The molecule has 0 radical (unpaired) electrons. The van der Waals surface area contributed by atoms with Crippen LogP contribution in [0.25, 0.3) is 0 Å². The van der Waals surface area contributed by atoms with Crippen molar-refractivity contribution in [3.63, 3.8) is 0 Å². The number of nitrogens with one attached hydrogen (secondary N) is 1. The second-order valence-electron chi connectivity index (χ2n) is 4.98. The maximum absolute atomic E-state index is 12.1. The van der Waals surface area contributed by atoms with Gasteiger partial charge in [-0.25, -0.2) is 4.79 Å². The minimum atomic E-state index is -0.800. The molecular weight excluding hydrogens is 242 g/mol. The maximum atomic E-state index is 12.1. The third-order valence-electron chi connectivity index (χ3n) is 3.55. The van der Waals surface area contributed by atoms with E-state index >= 15 is 0 Å². The van der Waals surface area contributed by atoms with Crippen LogP contribution < -0.4 is 16.4 Å². The Morgan fingerprint density at radius 1 is 1.21 bits per heavy atom. The summed E-state index contributed by atoms with van der Waals surface area (Å²) < 4.78 is 0. The lowest BCUT2D eigenvalue weighted by Crippen LogP contribution is -2.92. The van der Waals surface area contributed by atoms with Crippen LogP contribution in [0.5, 0.6) is 0 Å². The van der Waals surface area contributed by atoms with Gasteiger partial charge in [-0.3, -0.25) is 10.1 Å². The van der Waals surface area contributed by atoms with Crippen LogP contribution in [0.1, 0.15) is 37.3 Å². The summed E-state index contributed by atoms with van der Waals surface area (Å²) in [6.45, 7) is 0. The van der Waals surface area contributed by atoms with Crippen molar-refractivity contribution < 1.29 is 14.9 Å². The summed E-state index contributed by atoms with van der Waals surface area (Å²) in [5, 5.41) is 4.24. The second kappa shape index (κ2) is 6.33. The van der Waals surface area contributed by atoms with Crippen molar-refractivity contribution in [2.24, 2.45) is 5.73 Å². The average molecular weight is 262 g/mol. The third kappa shape index (κ3) is 3.79. The summed E-state index contributed by atoms with van der Waals surface area (Å²) in [6, 6.07) is 8.73. The fraction of sp³-hybridized carbons (Fsp3) is 0.429. The molecule has 5 heteroatoms. The molecule has 1 aromatic rings. The first-order valence-corrected chi connectivity index (χ1v) is 6.67. The lowest BCUT2D eigenvalue weighted by atomic mass is 10.0. The molecular formula is C14H20N3O2+. The standard InChI is InChI=1S/C14H19N3O2/c15-14(19)17-13(18)12(10-6-2-1-3-7-10)16-11-8-4-5-9-11/h1-3,6-7,11-12,16H,4-5,8-9H2,(H3,15,17,18,19)/p+1/t12-/m0/s1. The number of hydrogen-bond donors (Lipinski definition) is 3. The van der Waals surface area contributed by atoms with E-state index in [1.54, 1.807) is 0 Å². The quantitative estimate of drug-likeness (QED) is 0.734. The number of imide groups is 1. The van der Waals surface area contributed by atoms with Gasteiger partial charge in [-0.1, -0.05) is 30.3 Å².